The van der Waals surface area contributed by atoms with Crippen molar-refractivity contribution in [3.63, 3.8) is 0 Å². The summed E-state index contributed by atoms with van der Waals surface area (Å²) in [5.74, 6) is -2.50. The van der Waals surface area contributed by atoms with Crippen LogP contribution in [0.5, 0.6) is 0 Å². The minimum Gasteiger partial charge on any atom is -0.373 e. The summed E-state index contributed by atoms with van der Waals surface area (Å²) in [6.07, 6.45) is 5.04. The highest BCUT2D eigenvalue weighted by atomic mass is 19.3. The molecule has 0 spiro atoms. The van der Waals surface area contributed by atoms with Gasteiger partial charge in [0.05, 0.1) is 12.2 Å². The predicted octanol–water partition coefficient (Wildman–Crippen LogP) is 3.46. The lowest BCUT2D eigenvalue weighted by Crippen LogP contribution is -2.35. The highest BCUT2D eigenvalue weighted by molar-refractivity contribution is 4.93. The molecule has 3 rings (SSSR count). The monoisotopic (exact) mass is 273 g/mol. The topological polar surface area (TPSA) is 12.5 Å². The number of hydrogen-bond donors (Lipinski definition) is 0. The van der Waals surface area contributed by atoms with Crippen LogP contribution in [0.2, 0.25) is 0 Å². The summed E-state index contributed by atoms with van der Waals surface area (Å²) >= 11 is 0. The Morgan fingerprint density at radius 2 is 1.95 bits per heavy atom. The average molecular weight is 273 g/mol. The van der Waals surface area contributed by atoms with Crippen molar-refractivity contribution < 1.29 is 13.5 Å². The molecule has 1 aliphatic heterocycles. The fourth-order valence-corrected chi connectivity index (χ4v) is 3.48. The van der Waals surface area contributed by atoms with E-state index >= 15 is 0 Å². The summed E-state index contributed by atoms with van der Waals surface area (Å²) in [5, 5.41) is 0. The number of rotatable bonds is 4. The average Bonchev–Trinajstić information content (AvgIpc) is 2.85. The first-order valence-corrected chi connectivity index (χ1v) is 7.70. The second kappa shape index (κ2) is 4.96. The van der Waals surface area contributed by atoms with Crippen LogP contribution in [-0.4, -0.2) is 42.7 Å². The minimum absolute atomic E-state index is 0.0437. The highest BCUT2D eigenvalue weighted by Crippen LogP contribution is 2.46. The lowest BCUT2D eigenvalue weighted by atomic mass is 9.94. The molecular weight excluding hydrogens is 248 g/mol. The van der Waals surface area contributed by atoms with Gasteiger partial charge in [-0.3, -0.25) is 0 Å². The molecule has 4 heteroatoms. The van der Waals surface area contributed by atoms with Crippen molar-refractivity contribution in [3.8, 4) is 0 Å². The van der Waals surface area contributed by atoms with Gasteiger partial charge in [0, 0.05) is 32.5 Å². The van der Waals surface area contributed by atoms with E-state index < -0.39 is 5.92 Å². The van der Waals surface area contributed by atoms with Gasteiger partial charge in [0.25, 0.3) is 5.92 Å². The third kappa shape index (κ3) is 3.66. The second-order valence-electron chi connectivity index (χ2n) is 7.17. The zero-order chi connectivity index (χ0) is 13.5. The van der Waals surface area contributed by atoms with Gasteiger partial charge in [0.2, 0.25) is 0 Å². The smallest absolute Gasteiger partial charge is 0.250 e. The van der Waals surface area contributed by atoms with Gasteiger partial charge in [-0.2, -0.15) is 0 Å². The summed E-state index contributed by atoms with van der Waals surface area (Å²) in [4.78, 5) is 2.46. The molecule has 19 heavy (non-hydrogen) atoms. The molecule has 0 bridgehead atoms. The van der Waals surface area contributed by atoms with Gasteiger partial charge in [-0.05, 0) is 37.5 Å². The van der Waals surface area contributed by atoms with Crippen LogP contribution < -0.4 is 0 Å². The van der Waals surface area contributed by atoms with Crippen LogP contribution in [0.15, 0.2) is 0 Å². The molecule has 2 nitrogen and oxygen atoms in total. The van der Waals surface area contributed by atoms with Gasteiger partial charge in [0.15, 0.2) is 0 Å². The molecule has 0 aromatic carbocycles. The van der Waals surface area contributed by atoms with E-state index in [2.05, 4.69) is 11.8 Å². The first kappa shape index (κ1) is 13.7. The molecule has 0 aromatic heterocycles. The van der Waals surface area contributed by atoms with Crippen LogP contribution in [0.25, 0.3) is 0 Å². The summed E-state index contributed by atoms with van der Waals surface area (Å²) in [6.45, 7) is 5.51. The molecule has 2 atom stereocenters. The molecule has 0 N–H and O–H groups in total. The lowest BCUT2D eigenvalue weighted by Gasteiger charge is -2.31. The SMILES string of the molecule is CC1(CN2CC[C@H](O[C@H]3CCCC(F)(F)C3)C2)CC1. The van der Waals surface area contributed by atoms with Crippen molar-refractivity contribution in [2.24, 2.45) is 5.41 Å². The van der Waals surface area contributed by atoms with Crippen molar-refractivity contribution >= 4 is 0 Å². The van der Waals surface area contributed by atoms with Gasteiger partial charge >= 0.3 is 0 Å². The molecule has 3 fully saturated rings. The standard InChI is InChI=1S/C15H25F2NO/c1-14(6-7-14)11-18-8-4-13(10-18)19-12-3-2-5-15(16,17)9-12/h12-13H,2-11H2,1H3/t12-,13-/m0/s1. The van der Waals surface area contributed by atoms with E-state index in [1.54, 1.807) is 0 Å². The Morgan fingerprint density at radius 3 is 2.63 bits per heavy atom. The number of hydrogen-bond acceptors (Lipinski definition) is 2. The van der Waals surface area contributed by atoms with Gasteiger partial charge in [0.1, 0.15) is 0 Å². The Balaban J connectivity index is 1.43. The van der Waals surface area contributed by atoms with Crippen LogP contribution in [0.4, 0.5) is 8.78 Å². The quantitative estimate of drug-likeness (QED) is 0.778. The molecule has 0 unspecified atom stereocenters. The van der Waals surface area contributed by atoms with E-state index in [1.807, 2.05) is 0 Å². The van der Waals surface area contributed by atoms with Crippen molar-refractivity contribution in [1.82, 2.24) is 4.90 Å². The molecular formula is C15H25F2NO. The van der Waals surface area contributed by atoms with Crippen LogP contribution >= 0.6 is 0 Å². The van der Waals surface area contributed by atoms with E-state index in [4.69, 9.17) is 4.74 Å². The molecule has 110 valence electrons. The Morgan fingerprint density at radius 1 is 1.16 bits per heavy atom. The van der Waals surface area contributed by atoms with Gasteiger partial charge in [-0.25, -0.2) is 8.78 Å². The summed E-state index contributed by atoms with van der Waals surface area (Å²) in [7, 11) is 0. The second-order valence-corrected chi connectivity index (χ2v) is 7.17. The number of likely N-dealkylation sites (tertiary alicyclic amines) is 1. The number of halogens is 2. The van der Waals surface area contributed by atoms with E-state index in [0.717, 1.165) is 32.5 Å². The first-order chi connectivity index (χ1) is 8.94. The molecule has 1 saturated heterocycles. The minimum atomic E-state index is -2.50. The van der Waals surface area contributed by atoms with E-state index in [1.165, 1.54) is 12.8 Å². The zero-order valence-electron chi connectivity index (χ0n) is 11.8. The lowest BCUT2D eigenvalue weighted by molar-refractivity contribution is -0.113. The maximum Gasteiger partial charge on any atom is 0.250 e. The van der Waals surface area contributed by atoms with Crippen molar-refractivity contribution in [1.29, 1.82) is 0 Å². The molecule has 0 aromatic rings. The summed E-state index contributed by atoms with van der Waals surface area (Å²) in [5.41, 5.74) is 0.534. The predicted molar refractivity (Wildman–Crippen MR) is 70.5 cm³/mol. The molecule has 3 aliphatic rings. The molecule has 1 heterocycles. The number of nitrogens with zero attached hydrogens (tertiary/aromatic N) is 1. The van der Waals surface area contributed by atoms with Crippen LogP contribution in [0, 0.1) is 5.41 Å². The maximum absolute atomic E-state index is 13.3. The Hall–Kier alpha value is -0.220. The van der Waals surface area contributed by atoms with Crippen LogP contribution in [-0.2, 0) is 4.74 Å². The molecule has 2 saturated carbocycles. The van der Waals surface area contributed by atoms with Crippen LogP contribution in [0.3, 0.4) is 0 Å². The van der Waals surface area contributed by atoms with Gasteiger partial charge in [-0.1, -0.05) is 6.92 Å². The summed E-state index contributed by atoms with van der Waals surface area (Å²) < 4.78 is 32.6. The summed E-state index contributed by atoms with van der Waals surface area (Å²) in [6, 6.07) is 0. The van der Waals surface area contributed by atoms with Crippen LogP contribution in [0.1, 0.15) is 51.9 Å². The van der Waals surface area contributed by atoms with E-state index in [-0.39, 0.29) is 25.0 Å². The molecule has 0 radical (unpaired) electrons. The van der Waals surface area contributed by atoms with E-state index in [9.17, 15) is 8.78 Å². The molecule has 2 aliphatic carbocycles. The zero-order valence-corrected chi connectivity index (χ0v) is 11.8. The highest BCUT2D eigenvalue weighted by Gasteiger charge is 2.41. The van der Waals surface area contributed by atoms with Crippen molar-refractivity contribution in [2.75, 3.05) is 19.6 Å². The Kier molecular flexibility index (Phi) is 3.59. The Labute approximate surface area is 114 Å². The number of ether oxygens (including phenoxy) is 1. The normalized spacial score (nSPS) is 37.4. The third-order valence-electron chi connectivity index (χ3n) is 4.92. The van der Waals surface area contributed by atoms with E-state index in [0.29, 0.717) is 11.8 Å². The van der Waals surface area contributed by atoms with Crippen molar-refractivity contribution in [2.45, 2.75) is 70.0 Å². The van der Waals surface area contributed by atoms with Gasteiger partial charge in [-0.15, -0.1) is 0 Å². The fourth-order valence-electron chi connectivity index (χ4n) is 3.48. The first-order valence-electron chi connectivity index (χ1n) is 7.70. The Bertz CT molecular complexity index is 330. The largest absolute Gasteiger partial charge is 0.373 e. The van der Waals surface area contributed by atoms with Gasteiger partial charge < -0.3 is 9.64 Å². The third-order valence-corrected chi connectivity index (χ3v) is 4.92. The fraction of sp³-hybridized carbons (Fsp3) is 1.00. The number of alkyl halides is 2. The van der Waals surface area contributed by atoms with Crippen molar-refractivity contribution in [3.05, 3.63) is 0 Å². The maximum atomic E-state index is 13.3. The molecule has 0 amide bonds.